The Morgan fingerprint density at radius 1 is 1.36 bits per heavy atom. The zero-order valence-electron chi connectivity index (χ0n) is 14.4. The molecule has 7 nitrogen and oxygen atoms in total. The zero-order chi connectivity index (χ0) is 18.2. The molecule has 1 aliphatic heterocycles. The van der Waals surface area contributed by atoms with Crippen molar-refractivity contribution in [3.63, 3.8) is 0 Å². The fraction of sp³-hybridized carbons (Fsp3) is 0.412. The van der Waals surface area contributed by atoms with Crippen LogP contribution < -0.4 is 10.4 Å². The molecular formula is C17H20N2O5S. The molecule has 0 N–H and O–H groups in total. The van der Waals surface area contributed by atoms with Gasteiger partial charge in [-0.05, 0) is 37.6 Å². The summed E-state index contributed by atoms with van der Waals surface area (Å²) >= 11 is 0. The number of rotatable bonds is 3. The Kier molecular flexibility index (Phi) is 4.55. The summed E-state index contributed by atoms with van der Waals surface area (Å²) in [6.45, 7) is 3.98. The predicted molar refractivity (Wildman–Crippen MR) is 96.2 cm³/mol. The van der Waals surface area contributed by atoms with E-state index in [9.17, 15) is 13.2 Å². The van der Waals surface area contributed by atoms with E-state index in [1.165, 1.54) is 6.21 Å². The number of sulfone groups is 1. The van der Waals surface area contributed by atoms with Gasteiger partial charge < -0.3 is 9.15 Å². The standard InChI is InChI=1S/C17H20N2O5S/c1-11-6-16-13(8-15(11)23-3)7-14(17(20)24-16)9-18-19-4-5-25(21,22)10-12(19)2/h6-9,12H,4-5,10H2,1-3H3. The average Bonchev–Trinajstić information content (AvgIpc) is 2.53. The Balaban J connectivity index is 1.92. The number of fused-ring (bicyclic) bond motifs is 1. The molecular weight excluding hydrogens is 344 g/mol. The number of hydrogen-bond donors (Lipinski definition) is 0. The summed E-state index contributed by atoms with van der Waals surface area (Å²) < 4.78 is 33.9. The lowest BCUT2D eigenvalue weighted by atomic mass is 10.1. The van der Waals surface area contributed by atoms with Crippen LogP contribution in [0.25, 0.3) is 11.0 Å². The van der Waals surface area contributed by atoms with Crippen molar-refractivity contribution in [1.82, 2.24) is 5.01 Å². The van der Waals surface area contributed by atoms with Crippen LogP contribution in [0, 0.1) is 6.92 Å². The van der Waals surface area contributed by atoms with Gasteiger partial charge in [-0.1, -0.05) is 0 Å². The molecule has 0 saturated carbocycles. The largest absolute Gasteiger partial charge is 0.496 e. The van der Waals surface area contributed by atoms with Crippen molar-refractivity contribution in [3.8, 4) is 5.75 Å². The van der Waals surface area contributed by atoms with Gasteiger partial charge in [-0.2, -0.15) is 5.10 Å². The SMILES string of the molecule is COc1cc2cc(C=NN3CCS(=O)(=O)CC3C)c(=O)oc2cc1C. The number of hydrazone groups is 1. The lowest BCUT2D eigenvalue weighted by molar-refractivity contribution is 0.239. The summed E-state index contributed by atoms with van der Waals surface area (Å²) in [5.74, 6) is 0.837. The third-order valence-corrected chi connectivity index (χ3v) is 6.05. The molecule has 25 heavy (non-hydrogen) atoms. The Morgan fingerprint density at radius 3 is 2.80 bits per heavy atom. The van der Waals surface area contributed by atoms with Crippen LogP contribution in [0.2, 0.25) is 0 Å². The van der Waals surface area contributed by atoms with Gasteiger partial charge in [-0.15, -0.1) is 0 Å². The molecule has 1 atom stereocenters. The number of nitrogens with zero attached hydrogens (tertiary/aromatic N) is 2. The van der Waals surface area contributed by atoms with E-state index in [4.69, 9.17) is 9.15 Å². The number of hydrogen-bond acceptors (Lipinski definition) is 7. The van der Waals surface area contributed by atoms with E-state index in [-0.39, 0.29) is 17.5 Å². The summed E-state index contributed by atoms with van der Waals surface area (Å²) in [5.41, 5.74) is 1.18. The highest BCUT2D eigenvalue weighted by Crippen LogP contribution is 2.24. The van der Waals surface area contributed by atoms with Gasteiger partial charge in [0.1, 0.15) is 11.3 Å². The van der Waals surface area contributed by atoms with E-state index >= 15 is 0 Å². The van der Waals surface area contributed by atoms with Crippen LogP contribution in [0.15, 0.2) is 32.5 Å². The summed E-state index contributed by atoms with van der Waals surface area (Å²) in [5, 5.41) is 6.70. The second kappa shape index (κ2) is 6.51. The van der Waals surface area contributed by atoms with Crippen molar-refractivity contribution < 1.29 is 17.6 Å². The van der Waals surface area contributed by atoms with Gasteiger partial charge in [-0.3, -0.25) is 5.01 Å². The van der Waals surface area contributed by atoms with Crippen LogP contribution in [0.5, 0.6) is 5.75 Å². The molecule has 1 aromatic carbocycles. The van der Waals surface area contributed by atoms with E-state index in [1.807, 2.05) is 6.92 Å². The minimum Gasteiger partial charge on any atom is -0.496 e. The van der Waals surface area contributed by atoms with Gasteiger partial charge in [0, 0.05) is 5.39 Å². The Morgan fingerprint density at radius 2 is 2.12 bits per heavy atom. The lowest BCUT2D eigenvalue weighted by Crippen LogP contribution is -2.43. The Bertz CT molecular complexity index is 994. The van der Waals surface area contributed by atoms with Gasteiger partial charge >= 0.3 is 5.63 Å². The fourth-order valence-electron chi connectivity index (χ4n) is 2.87. The maximum Gasteiger partial charge on any atom is 0.345 e. The first-order valence-electron chi connectivity index (χ1n) is 7.92. The fourth-order valence-corrected chi connectivity index (χ4v) is 4.41. The molecule has 2 aromatic rings. The topological polar surface area (TPSA) is 89.2 Å². The van der Waals surface area contributed by atoms with Crippen molar-refractivity contribution in [2.45, 2.75) is 19.9 Å². The van der Waals surface area contributed by atoms with Crippen LogP contribution in [0.1, 0.15) is 18.1 Å². The van der Waals surface area contributed by atoms with Gasteiger partial charge in [0.05, 0.1) is 43.0 Å². The highest BCUT2D eigenvalue weighted by atomic mass is 32.2. The molecule has 1 unspecified atom stereocenters. The molecule has 1 aliphatic rings. The molecule has 3 rings (SSSR count). The second-order valence-corrected chi connectivity index (χ2v) is 8.45. The smallest absolute Gasteiger partial charge is 0.345 e. The van der Waals surface area contributed by atoms with Crippen LogP contribution >= 0.6 is 0 Å². The summed E-state index contributed by atoms with van der Waals surface area (Å²) in [4.78, 5) is 12.2. The quantitative estimate of drug-likeness (QED) is 0.607. The van der Waals surface area contributed by atoms with E-state index in [0.717, 1.165) is 10.9 Å². The van der Waals surface area contributed by atoms with Gasteiger partial charge in [0.25, 0.3) is 0 Å². The summed E-state index contributed by atoms with van der Waals surface area (Å²) in [7, 11) is -1.42. The monoisotopic (exact) mass is 364 g/mol. The van der Waals surface area contributed by atoms with Gasteiger partial charge in [0.15, 0.2) is 9.84 Å². The van der Waals surface area contributed by atoms with Crippen LogP contribution in [-0.4, -0.2) is 50.8 Å². The van der Waals surface area contributed by atoms with E-state index in [0.29, 0.717) is 23.4 Å². The van der Waals surface area contributed by atoms with Crippen LogP contribution in [0.4, 0.5) is 0 Å². The van der Waals surface area contributed by atoms with Crippen molar-refractivity contribution in [2.24, 2.45) is 5.10 Å². The number of ether oxygens (including phenoxy) is 1. The number of methoxy groups -OCH3 is 1. The first-order valence-corrected chi connectivity index (χ1v) is 9.75. The molecule has 0 aliphatic carbocycles. The summed E-state index contributed by atoms with van der Waals surface area (Å²) in [6.07, 6.45) is 1.42. The minimum absolute atomic E-state index is 0.0626. The molecule has 1 aromatic heterocycles. The molecule has 1 saturated heterocycles. The van der Waals surface area contributed by atoms with Gasteiger partial charge in [-0.25, -0.2) is 13.2 Å². The molecule has 2 heterocycles. The molecule has 0 radical (unpaired) electrons. The molecule has 0 spiro atoms. The minimum atomic E-state index is -3.01. The average molecular weight is 364 g/mol. The Labute approximate surface area is 145 Å². The number of aryl methyl sites for hydroxylation is 1. The molecule has 0 amide bonds. The van der Waals surface area contributed by atoms with Gasteiger partial charge in [0.2, 0.25) is 0 Å². The lowest BCUT2D eigenvalue weighted by Gasteiger charge is -2.30. The first kappa shape index (κ1) is 17.5. The van der Waals surface area contributed by atoms with E-state index in [2.05, 4.69) is 5.10 Å². The maximum atomic E-state index is 12.2. The predicted octanol–water partition coefficient (Wildman–Crippen LogP) is 1.56. The van der Waals surface area contributed by atoms with Crippen molar-refractivity contribution >= 4 is 27.0 Å². The molecule has 1 fully saturated rings. The first-order chi connectivity index (χ1) is 11.8. The van der Waals surface area contributed by atoms with Crippen molar-refractivity contribution in [2.75, 3.05) is 25.2 Å². The normalized spacial score (nSPS) is 20.3. The van der Waals surface area contributed by atoms with Crippen molar-refractivity contribution in [3.05, 3.63) is 39.7 Å². The van der Waals surface area contributed by atoms with Crippen molar-refractivity contribution in [1.29, 1.82) is 0 Å². The third-order valence-electron chi connectivity index (χ3n) is 4.26. The Hall–Kier alpha value is -2.35. The molecule has 134 valence electrons. The van der Waals surface area contributed by atoms with Crippen LogP contribution in [0.3, 0.4) is 0 Å². The van der Waals surface area contributed by atoms with E-state index < -0.39 is 15.5 Å². The number of benzene rings is 1. The highest BCUT2D eigenvalue weighted by molar-refractivity contribution is 7.91. The molecule has 0 bridgehead atoms. The van der Waals surface area contributed by atoms with E-state index in [1.54, 1.807) is 37.2 Å². The maximum absolute atomic E-state index is 12.2. The summed E-state index contributed by atoms with van der Waals surface area (Å²) in [6, 6.07) is 5.03. The third kappa shape index (κ3) is 3.68. The van der Waals surface area contributed by atoms with Crippen LogP contribution in [-0.2, 0) is 9.84 Å². The zero-order valence-corrected chi connectivity index (χ0v) is 15.2. The highest BCUT2D eigenvalue weighted by Gasteiger charge is 2.27. The second-order valence-electron chi connectivity index (χ2n) is 6.22. The molecule has 8 heteroatoms.